The lowest BCUT2D eigenvalue weighted by Gasteiger charge is -2.60. The number of hydrogen-bond donors (Lipinski definition) is 2. The van der Waals surface area contributed by atoms with E-state index in [1.165, 1.54) is 7.11 Å². The molecule has 46 heavy (non-hydrogen) atoms. The van der Waals surface area contributed by atoms with Crippen molar-refractivity contribution in [1.29, 1.82) is 0 Å². The summed E-state index contributed by atoms with van der Waals surface area (Å²) >= 11 is 0. The largest absolute Gasteiger partial charge is 0.514 e. The van der Waals surface area contributed by atoms with E-state index in [0.717, 1.165) is 37.7 Å². The van der Waals surface area contributed by atoms with Crippen LogP contribution in [0.25, 0.3) is 16.7 Å². The number of aromatic nitrogens is 2. The molecule has 2 aromatic carbocycles. The molecular formula is C36H36N4O6. The summed E-state index contributed by atoms with van der Waals surface area (Å²) in [6.45, 7) is 1.59. The van der Waals surface area contributed by atoms with Crippen LogP contribution in [0.15, 0.2) is 77.7 Å². The van der Waals surface area contributed by atoms with Gasteiger partial charge < -0.3 is 20.1 Å². The lowest BCUT2D eigenvalue weighted by Crippen LogP contribution is -2.66. The fourth-order valence-corrected chi connectivity index (χ4v) is 8.44. The Morgan fingerprint density at radius 1 is 0.957 bits per heavy atom. The van der Waals surface area contributed by atoms with Crippen molar-refractivity contribution in [3.63, 3.8) is 0 Å². The summed E-state index contributed by atoms with van der Waals surface area (Å²) in [5.41, 5.74) is 2.12. The van der Waals surface area contributed by atoms with E-state index in [1.54, 1.807) is 42.0 Å². The molecule has 4 aliphatic rings. The molecule has 4 aromatic rings. The summed E-state index contributed by atoms with van der Waals surface area (Å²) in [6.07, 6.45) is 5.78. The zero-order chi connectivity index (χ0) is 32.0. The van der Waals surface area contributed by atoms with Crippen molar-refractivity contribution in [3.05, 3.63) is 99.8 Å². The fourth-order valence-electron chi connectivity index (χ4n) is 8.44. The first kappa shape index (κ1) is 29.7. The zero-order valence-corrected chi connectivity index (χ0v) is 25.8. The maximum Gasteiger partial charge on any atom is 0.514 e. The summed E-state index contributed by atoms with van der Waals surface area (Å²) in [4.78, 5) is 56.1. The smallest absolute Gasteiger partial charge is 0.437 e. The summed E-state index contributed by atoms with van der Waals surface area (Å²) in [7, 11) is 1.21. The highest BCUT2D eigenvalue weighted by molar-refractivity contribution is 5.94. The van der Waals surface area contributed by atoms with Gasteiger partial charge in [-0.2, -0.15) is 0 Å². The number of rotatable bonds is 7. The number of nitrogens with zero attached hydrogens (tertiary/aromatic N) is 2. The second-order valence-corrected chi connectivity index (χ2v) is 13.0. The van der Waals surface area contributed by atoms with Crippen LogP contribution < -0.4 is 20.8 Å². The summed E-state index contributed by atoms with van der Waals surface area (Å²) < 4.78 is 12.1. The minimum Gasteiger partial charge on any atom is -0.437 e. The first-order valence-electron chi connectivity index (χ1n) is 15.8. The quantitative estimate of drug-likeness (QED) is 0.280. The maximum atomic E-state index is 13.8. The Morgan fingerprint density at radius 2 is 1.67 bits per heavy atom. The normalized spacial score (nSPS) is 24.4. The molecule has 2 aromatic heterocycles. The molecule has 0 radical (unpaired) electrons. The Kier molecular flexibility index (Phi) is 7.58. The molecule has 2 heterocycles. The van der Waals surface area contributed by atoms with Gasteiger partial charge in [-0.1, -0.05) is 30.3 Å². The predicted molar refractivity (Wildman–Crippen MR) is 171 cm³/mol. The molecule has 2 N–H and O–H groups in total. The molecule has 4 bridgehead atoms. The standard InChI is InChI=1S/C36H36N4O6/c1-21(41)39-36-18-23-15-25(19-36)30(26(16-23)20-36)38-33(43)24-12-10-22(11-13-24)17-29-31(42)28-9-6-14-37-32(28)40(27-7-4-3-5-8-27)34(29)46-35(44)45-2/h3-14,23,25-26,30H,15-20H2,1-2H3,(H,38,43)(H,39,41)/t23-,25-,26+,30-,36+. The van der Waals surface area contributed by atoms with Crippen LogP contribution in [-0.2, 0) is 16.0 Å². The Bertz CT molecular complexity index is 1870. The second kappa shape index (κ2) is 11.7. The Hall–Kier alpha value is -4.99. The van der Waals surface area contributed by atoms with Crippen LogP contribution in [-0.4, -0.2) is 46.2 Å². The van der Waals surface area contributed by atoms with Crippen molar-refractivity contribution < 1.29 is 23.9 Å². The summed E-state index contributed by atoms with van der Waals surface area (Å²) in [6, 6.07) is 19.9. The van der Waals surface area contributed by atoms with Crippen molar-refractivity contribution in [2.24, 2.45) is 17.8 Å². The first-order valence-corrected chi connectivity index (χ1v) is 15.8. The molecule has 4 aliphatic carbocycles. The van der Waals surface area contributed by atoms with Gasteiger partial charge in [0.15, 0.2) is 11.1 Å². The van der Waals surface area contributed by atoms with Crippen LogP contribution >= 0.6 is 0 Å². The number of fused-ring (bicyclic) bond motifs is 1. The average molecular weight is 621 g/mol. The van der Waals surface area contributed by atoms with Gasteiger partial charge in [0.2, 0.25) is 11.8 Å². The third-order valence-corrected chi connectivity index (χ3v) is 9.95. The number of ether oxygens (including phenoxy) is 2. The fraction of sp³-hybridized carbons (Fsp3) is 0.361. The van der Waals surface area contributed by atoms with Crippen molar-refractivity contribution in [2.45, 2.75) is 57.0 Å². The van der Waals surface area contributed by atoms with Crippen molar-refractivity contribution in [3.8, 4) is 11.6 Å². The number of para-hydroxylation sites is 1. The molecule has 10 nitrogen and oxygen atoms in total. The van der Waals surface area contributed by atoms with Gasteiger partial charge in [-0.25, -0.2) is 9.78 Å². The lowest BCUT2D eigenvalue weighted by molar-refractivity contribution is -0.125. The molecular weight excluding hydrogens is 584 g/mol. The van der Waals surface area contributed by atoms with E-state index in [9.17, 15) is 19.2 Å². The highest BCUT2D eigenvalue weighted by atomic mass is 16.7. The molecule has 8 rings (SSSR count). The number of carbonyl (C=O) groups excluding carboxylic acids is 3. The predicted octanol–water partition coefficient (Wildman–Crippen LogP) is 4.93. The third-order valence-electron chi connectivity index (χ3n) is 9.95. The van der Waals surface area contributed by atoms with Crippen LogP contribution in [0.5, 0.6) is 5.88 Å². The van der Waals surface area contributed by atoms with Gasteiger partial charge in [0.05, 0.1) is 23.7 Å². The minimum atomic E-state index is -0.958. The molecule has 10 heteroatoms. The number of hydrogen-bond acceptors (Lipinski definition) is 7. The molecule has 5 atom stereocenters. The minimum absolute atomic E-state index is 0.0194. The maximum absolute atomic E-state index is 13.8. The topological polar surface area (TPSA) is 129 Å². The number of nitrogens with one attached hydrogen (secondary N) is 2. The van der Waals surface area contributed by atoms with Crippen LogP contribution in [0.2, 0.25) is 0 Å². The van der Waals surface area contributed by atoms with E-state index in [4.69, 9.17) is 9.47 Å². The Balaban J connectivity index is 1.16. The molecule has 236 valence electrons. The van der Waals surface area contributed by atoms with Gasteiger partial charge in [-0.3, -0.25) is 19.0 Å². The van der Waals surface area contributed by atoms with Gasteiger partial charge in [0.1, 0.15) is 0 Å². The van der Waals surface area contributed by atoms with E-state index in [1.807, 2.05) is 42.5 Å². The van der Waals surface area contributed by atoms with Gasteiger partial charge in [-0.15, -0.1) is 0 Å². The average Bonchev–Trinajstić information content (AvgIpc) is 3.04. The van der Waals surface area contributed by atoms with Crippen LogP contribution in [0.3, 0.4) is 0 Å². The van der Waals surface area contributed by atoms with Crippen LogP contribution in [0.4, 0.5) is 4.79 Å². The van der Waals surface area contributed by atoms with E-state index in [2.05, 4.69) is 15.6 Å². The number of amides is 2. The van der Waals surface area contributed by atoms with Gasteiger partial charge >= 0.3 is 6.16 Å². The van der Waals surface area contributed by atoms with Crippen molar-refractivity contribution in [1.82, 2.24) is 20.2 Å². The van der Waals surface area contributed by atoms with E-state index < -0.39 is 6.16 Å². The molecule has 0 unspecified atom stereocenters. The molecule has 4 saturated carbocycles. The number of methoxy groups -OCH3 is 1. The molecule has 2 amide bonds. The van der Waals surface area contributed by atoms with Crippen LogP contribution in [0.1, 0.15) is 60.5 Å². The van der Waals surface area contributed by atoms with E-state index in [-0.39, 0.29) is 46.7 Å². The zero-order valence-electron chi connectivity index (χ0n) is 25.8. The summed E-state index contributed by atoms with van der Waals surface area (Å²) in [5.74, 6) is 1.21. The second-order valence-electron chi connectivity index (χ2n) is 13.0. The van der Waals surface area contributed by atoms with Gasteiger partial charge in [0.25, 0.3) is 5.91 Å². The number of carbonyl (C=O) groups is 3. The first-order chi connectivity index (χ1) is 22.2. The molecule has 4 fully saturated rings. The van der Waals surface area contributed by atoms with Crippen LogP contribution in [0, 0.1) is 17.8 Å². The van der Waals surface area contributed by atoms with E-state index >= 15 is 0 Å². The van der Waals surface area contributed by atoms with Gasteiger partial charge in [-0.05, 0) is 91.8 Å². The number of benzene rings is 2. The number of pyridine rings is 2. The van der Waals surface area contributed by atoms with Gasteiger partial charge in [0, 0.05) is 36.7 Å². The van der Waals surface area contributed by atoms with Crippen molar-refractivity contribution >= 4 is 29.0 Å². The van der Waals surface area contributed by atoms with Crippen molar-refractivity contribution in [2.75, 3.05) is 7.11 Å². The Morgan fingerprint density at radius 3 is 2.35 bits per heavy atom. The highest BCUT2D eigenvalue weighted by Gasteiger charge is 2.56. The SMILES string of the molecule is COC(=O)Oc1c(Cc2ccc(C(=O)N[C@@H]3[C@@H]4C[C@@H]5C[C@H]3C[C@](NC(C)=O)(C5)C4)cc2)c(=O)c2cccnc2n1-c1ccccc1. The highest BCUT2D eigenvalue weighted by Crippen LogP contribution is 2.55. The Labute approximate surface area is 266 Å². The monoisotopic (exact) mass is 620 g/mol. The third kappa shape index (κ3) is 5.42. The molecule has 0 spiro atoms. The summed E-state index contributed by atoms with van der Waals surface area (Å²) in [5, 5.41) is 6.96. The molecule has 0 aliphatic heterocycles. The van der Waals surface area contributed by atoms with E-state index in [0.29, 0.717) is 40.0 Å². The lowest BCUT2D eigenvalue weighted by atomic mass is 9.51. The molecule has 0 saturated heterocycles.